The van der Waals surface area contributed by atoms with Gasteiger partial charge in [0.05, 0.1) is 0 Å². The monoisotopic (exact) mass is 184 g/mol. The molecule has 0 aromatic rings. The summed E-state index contributed by atoms with van der Waals surface area (Å²) >= 11 is 0. The van der Waals surface area contributed by atoms with E-state index in [1.165, 1.54) is 12.8 Å². The zero-order valence-corrected chi connectivity index (χ0v) is 8.01. The molecule has 3 amide bonds. The molecule has 74 valence electrons. The molecular formula is C9H16N2O2. The molecule has 0 radical (unpaired) electrons. The lowest BCUT2D eigenvalue weighted by Crippen LogP contribution is -2.29. The summed E-state index contributed by atoms with van der Waals surface area (Å²) in [5, 5.41) is 2.26. The largest absolute Gasteiger partial charge is 0.324 e. The van der Waals surface area contributed by atoms with Gasteiger partial charge in [0.1, 0.15) is 6.54 Å². The molecule has 0 bridgehead atoms. The second-order valence-electron chi connectivity index (χ2n) is 3.34. The highest BCUT2D eigenvalue weighted by atomic mass is 16.2. The normalized spacial score (nSPS) is 16.5. The number of carbonyl (C=O) groups is 2. The maximum Gasteiger partial charge on any atom is 0.324 e. The third kappa shape index (κ3) is 3.05. The van der Waals surface area contributed by atoms with Crippen LogP contribution in [0.3, 0.4) is 0 Å². The SMILES string of the molecule is CCCCCCN1CC(=O)NC1=O. The Hall–Kier alpha value is -1.06. The predicted molar refractivity (Wildman–Crippen MR) is 49.3 cm³/mol. The average molecular weight is 184 g/mol. The van der Waals surface area contributed by atoms with Crippen molar-refractivity contribution in [2.75, 3.05) is 13.1 Å². The van der Waals surface area contributed by atoms with Crippen LogP contribution in [0, 0.1) is 0 Å². The van der Waals surface area contributed by atoms with E-state index in [-0.39, 0.29) is 18.5 Å². The topological polar surface area (TPSA) is 49.4 Å². The van der Waals surface area contributed by atoms with Gasteiger partial charge in [-0.2, -0.15) is 0 Å². The number of imide groups is 1. The molecule has 0 saturated carbocycles. The van der Waals surface area contributed by atoms with Crippen LogP contribution in [0.25, 0.3) is 0 Å². The predicted octanol–water partition coefficient (Wildman–Crippen LogP) is 1.12. The Kier molecular flexibility index (Phi) is 3.73. The molecule has 1 saturated heterocycles. The number of rotatable bonds is 5. The number of urea groups is 1. The van der Waals surface area contributed by atoms with Crippen LogP contribution in [0.1, 0.15) is 32.6 Å². The third-order valence-corrected chi connectivity index (χ3v) is 2.15. The van der Waals surface area contributed by atoms with Crippen molar-refractivity contribution < 1.29 is 9.59 Å². The number of unbranched alkanes of at least 4 members (excludes halogenated alkanes) is 3. The van der Waals surface area contributed by atoms with Gasteiger partial charge in [0, 0.05) is 6.54 Å². The Morgan fingerprint density at radius 1 is 1.31 bits per heavy atom. The van der Waals surface area contributed by atoms with Gasteiger partial charge < -0.3 is 4.90 Å². The van der Waals surface area contributed by atoms with Crippen LogP contribution in [0.2, 0.25) is 0 Å². The second kappa shape index (κ2) is 4.84. The quantitative estimate of drug-likeness (QED) is 0.514. The van der Waals surface area contributed by atoms with E-state index in [0.29, 0.717) is 6.54 Å². The fourth-order valence-corrected chi connectivity index (χ4v) is 1.39. The standard InChI is InChI=1S/C9H16N2O2/c1-2-3-4-5-6-11-7-8(12)10-9(11)13/h2-7H2,1H3,(H,10,12,13). The first-order chi connectivity index (χ1) is 6.24. The van der Waals surface area contributed by atoms with Gasteiger partial charge in [-0.1, -0.05) is 26.2 Å². The van der Waals surface area contributed by atoms with Crippen molar-refractivity contribution in [2.45, 2.75) is 32.6 Å². The number of hydrogen-bond acceptors (Lipinski definition) is 2. The minimum absolute atomic E-state index is 0.180. The Balaban J connectivity index is 2.14. The van der Waals surface area contributed by atoms with Crippen LogP contribution < -0.4 is 5.32 Å². The van der Waals surface area contributed by atoms with Gasteiger partial charge in [0.15, 0.2) is 0 Å². The third-order valence-electron chi connectivity index (χ3n) is 2.15. The van der Waals surface area contributed by atoms with Crippen molar-refractivity contribution in [3.8, 4) is 0 Å². The molecule has 0 aromatic carbocycles. The van der Waals surface area contributed by atoms with E-state index >= 15 is 0 Å². The first-order valence-electron chi connectivity index (χ1n) is 4.82. The van der Waals surface area contributed by atoms with Gasteiger partial charge in [-0.25, -0.2) is 4.79 Å². The minimum atomic E-state index is -0.235. The Bertz CT molecular complexity index is 204. The van der Waals surface area contributed by atoms with E-state index in [2.05, 4.69) is 12.2 Å². The fourth-order valence-electron chi connectivity index (χ4n) is 1.39. The van der Waals surface area contributed by atoms with Crippen molar-refractivity contribution in [3.63, 3.8) is 0 Å². The highest BCUT2D eigenvalue weighted by Crippen LogP contribution is 2.04. The number of nitrogens with one attached hydrogen (secondary N) is 1. The number of carbonyl (C=O) groups excluding carboxylic acids is 2. The van der Waals surface area contributed by atoms with E-state index in [1.54, 1.807) is 4.90 Å². The summed E-state index contributed by atoms with van der Waals surface area (Å²) in [4.78, 5) is 23.4. The van der Waals surface area contributed by atoms with Crippen LogP contribution in [0.15, 0.2) is 0 Å². The maximum absolute atomic E-state index is 11.0. The number of amides is 3. The molecule has 4 heteroatoms. The van der Waals surface area contributed by atoms with E-state index in [4.69, 9.17) is 0 Å². The molecule has 1 heterocycles. The summed E-state index contributed by atoms with van der Waals surface area (Å²) in [6, 6.07) is -0.235. The molecule has 13 heavy (non-hydrogen) atoms. The van der Waals surface area contributed by atoms with Crippen LogP contribution in [0.5, 0.6) is 0 Å². The highest BCUT2D eigenvalue weighted by molar-refractivity contribution is 6.01. The smallest absolute Gasteiger partial charge is 0.315 e. The van der Waals surface area contributed by atoms with Crippen molar-refractivity contribution in [2.24, 2.45) is 0 Å². The molecule has 1 aliphatic rings. The summed E-state index contributed by atoms with van der Waals surface area (Å²) in [6.07, 6.45) is 4.51. The fraction of sp³-hybridized carbons (Fsp3) is 0.778. The van der Waals surface area contributed by atoms with E-state index < -0.39 is 0 Å². The molecule has 0 atom stereocenters. The Labute approximate surface area is 78.3 Å². The van der Waals surface area contributed by atoms with Gasteiger partial charge in [-0.3, -0.25) is 10.1 Å². The second-order valence-corrected chi connectivity index (χ2v) is 3.34. The van der Waals surface area contributed by atoms with Gasteiger partial charge >= 0.3 is 6.03 Å². The number of hydrogen-bond donors (Lipinski definition) is 1. The van der Waals surface area contributed by atoms with Crippen LogP contribution >= 0.6 is 0 Å². The lowest BCUT2D eigenvalue weighted by atomic mass is 10.2. The Morgan fingerprint density at radius 2 is 2.08 bits per heavy atom. The molecule has 0 unspecified atom stereocenters. The zero-order valence-electron chi connectivity index (χ0n) is 8.01. The zero-order chi connectivity index (χ0) is 9.68. The van der Waals surface area contributed by atoms with E-state index in [9.17, 15) is 9.59 Å². The summed E-state index contributed by atoms with van der Waals surface area (Å²) < 4.78 is 0. The summed E-state index contributed by atoms with van der Waals surface area (Å²) in [5.41, 5.74) is 0. The van der Waals surface area contributed by atoms with Gasteiger partial charge in [-0.05, 0) is 6.42 Å². The van der Waals surface area contributed by atoms with Gasteiger partial charge in [-0.15, -0.1) is 0 Å². The van der Waals surface area contributed by atoms with E-state index in [0.717, 1.165) is 12.8 Å². The van der Waals surface area contributed by atoms with E-state index in [1.807, 2.05) is 0 Å². The summed E-state index contributed by atoms with van der Waals surface area (Å²) in [5.74, 6) is -0.180. The molecule has 0 spiro atoms. The molecule has 0 aromatic heterocycles. The summed E-state index contributed by atoms with van der Waals surface area (Å²) in [7, 11) is 0. The van der Waals surface area contributed by atoms with Gasteiger partial charge in [0.25, 0.3) is 0 Å². The van der Waals surface area contributed by atoms with Crippen LogP contribution in [-0.2, 0) is 4.79 Å². The maximum atomic E-state index is 11.0. The molecule has 4 nitrogen and oxygen atoms in total. The number of nitrogens with zero attached hydrogens (tertiary/aromatic N) is 1. The molecule has 1 fully saturated rings. The molecular weight excluding hydrogens is 168 g/mol. The molecule has 1 aliphatic heterocycles. The first-order valence-corrected chi connectivity index (χ1v) is 4.82. The van der Waals surface area contributed by atoms with Crippen molar-refractivity contribution in [1.29, 1.82) is 0 Å². The highest BCUT2D eigenvalue weighted by Gasteiger charge is 2.25. The van der Waals surface area contributed by atoms with Crippen LogP contribution in [0.4, 0.5) is 4.79 Å². The summed E-state index contributed by atoms with van der Waals surface area (Å²) in [6.45, 7) is 3.09. The molecule has 1 N–H and O–H groups in total. The molecule has 0 aliphatic carbocycles. The lowest BCUT2D eigenvalue weighted by Gasteiger charge is -2.11. The average Bonchev–Trinajstić information content (AvgIpc) is 2.39. The van der Waals surface area contributed by atoms with Crippen LogP contribution in [-0.4, -0.2) is 29.9 Å². The van der Waals surface area contributed by atoms with Crippen molar-refractivity contribution in [3.05, 3.63) is 0 Å². The minimum Gasteiger partial charge on any atom is -0.315 e. The van der Waals surface area contributed by atoms with Crippen molar-refractivity contribution >= 4 is 11.9 Å². The lowest BCUT2D eigenvalue weighted by molar-refractivity contribution is -0.118. The van der Waals surface area contributed by atoms with Crippen molar-refractivity contribution in [1.82, 2.24) is 10.2 Å². The Morgan fingerprint density at radius 3 is 2.62 bits per heavy atom. The molecule has 1 rings (SSSR count). The first kappa shape index (κ1) is 10.0. The van der Waals surface area contributed by atoms with Gasteiger partial charge in [0.2, 0.25) is 5.91 Å².